The number of aliphatic carboxylic acids is 2. The van der Waals surface area contributed by atoms with Crippen LogP contribution in [0.4, 0.5) is 0 Å². The van der Waals surface area contributed by atoms with Crippen LogP contribution < -0.4 is 4.74 Å². The summed E-state index contributed by atoms with van der Waals surface area (Å²) >= 11 is 0. The van der Waals surface area contributed by atoms with Gasteiger partial charge in [-0.3, -0.25) is 38.4 Å². The standard InChI is InChI=1S/C26H18O11/c27-17(5-7-19(29)30)21-23(33)13-3-1-11(9-15(13)25(21)35)37-12-2-4-14-16(10-12)26(36)22(24(14)34)18(28)6-8-20(31)32/h1-4,9-10,21-22H,5-8H2,(H,29,30)(H,31,32). The number of carbonyl (C=O) groups excluding carboxylic acids is 6. The first-order valence-corrected chi connectivity index (χ1v) is 11.1. The highest BCUT2D eigenvalue weighted by Crippen LogP contribution is 2.35. The summed E-state index contributed by atoms with van der Waals surface area (Å²) in [4.78, 5) is 96.6. The minimum absolute atomic E-state index is 0.00321. The van der Waals surface area contributed by atoms with Gasteiger partial charge in [-0.15, -0.1) is 0 Å². The summed E-state index contributed by atoms with van der Waals surface area (Å²) < 4.78 is 5.69. The van der Waals surface area contributed by atoms with E-state index in [2.05, 4.69) is 0 Å². The van der Waals surface area contributed by atoms with Crippen LogP contribution in [0.5, 0.6) is 11.5 Å². The minimum Gasteiger partial charge on any atom is -0.481 e. The zero-order valence-corrected chi connectivity index (χ0v) is 19.0. The Morgan fingerprint density at radius 2 is 0.919 bits per heavy atom. The summed E-state index contributed by atoms with van der Waals surface area (Å²) in [5.41, 5.74) is -0.118. The molecule has 188 valence electrons. The van der Waals surface area contributed by atoms with Crippen molar-refractivity contribution in [2.24, 2.45) is 11.8 Å². The molecule has 2 N–H and O–H groups in total. The predicted molar refractivity (Wildman–Crippen MR) is 121 cm³/mol. The summed E-state index contributed by atoms with van der Waals surface area (Å²) in [7, 11) is 0. The smallest absolute Gasteiger partial charge is 0.303 e. The minimum atomic E-state index is -1.61. The second-order valence-corrected chi connectivity index (χ2v) is 8.56. The van der Waals surface area contributed by atoms with E-state index in [0.29, 0.717) is 0 Å². The van der Waals surface area contributed by atoms with E-state index in [1.807, 2.05) is 0 Å². The summed E-state index contributed by atoms with van der Waals surface area (Å²) in [5, 5.41) is 17.5. The van der Waals surface area contributed by atoms with Gasteiger partial charge < -0.3 is 14.9 Å². The van der Waals surface area contributed by atoms with Gasteiger partial charge in [0.2, 0.25) is 0 Å². The number of carboxylic acids is 2. The van der Waals surface area contributed by atoms with Crippen molar-refractivity contribution in [1.82, 2.24) is 0 Å². The number of carbonyl (C=O) groups is 8. The molecule has 0 radical (unpaired) electrons. The first-order chi connectivity index (χ1) is 17.5. The Morgan fingerprint density at radius 3 is 1.27 bits per heavy atom. The Balaban J connectivity index is 1.53. The SMILES string of the molecule is O=C(O)CCC(=O)C1C(=O)c2ccc(Oc3ccc4c(c3)C(=O)C(C(=O)CCC(=O)O)C4=O)cc2C1=O. The maximum atomic E-state index is 12.7. The molecule has 2 unspecified atom stereocenters. The molecule has 2 aliphatic carbocycles. The van der Waals surface area contributed by atoms with Crippen LogP contribution in [-0.2, 0) is 19.2 Å². The third-order valence-corrected chi connectivity index (χ3v) is 6.14. The van der Waals surface area contributed by atoms with Crippen molar-refractivity contribution < 1.29 is 53.3 Å². The van der Waals surface area contributed by atoms with Gasteiger partial charge in [0.05, 0.1) is 12.8 Å². The molecule has 0 amide bonds. The number of carboxylic acid groups (broad SMARTS) is 2. The summed E-state index contributed by atoms with van der Waals surface area (Å²) in [6, 6.07) is 7.83. The molecule has 2 aromatic carbocycles. The molecule has 0 aromatic heterocycles. The quantitative estimate of drug-likeness (QED) is 0.450. The van der Waals surface area contributed by atoms with Crippen molar-refractivity contribution in [3.8, 4) is 11.5 Å². The molecule has 37 heavy (non-hydrogen) atoms. The van der Waals surface area contributed by atoms with Crippen LogP contribution in [0.25, 0.3) is 0 Å². The lowest BCUT2D eigenvalue weighted by Gasteiger charge is -2.08. The van der Waals surface area contributed by atoms with Gasteiger partial charge in [0.15, 0.2) is 34.7 Å². The van der Waals surface area contributed by atoms with Gasteiger partial charge in [-0.25, -0.2) is 0 Å². The van der Waals surface area contributed by atoms with Crippen LogP contribution in [0.2, 0.25) is 0 Å². The zero-order chi connectivity index (χ0) is 27.0. The van der Waals surface area contributed by atoms with E-state index in [0.717, 1.165) is 0 Å². The molecule has 2 aliphatic rings. The van der Waals surface area contributed by atoms with Crippen molar-refractivity contribution in [2.75, 3.05) is 0 Å². The maximum absolute atomic E-state index is 12.7. The van der Waals surface area contributed by atoms with E-state index >= 15 is 0 Å². The molecular formula is C26H18O11. The third-order valence-electron chi connectivity index (χ3n) is 6.14. The molecule has 11 heteroatoms. The Bertz CT molecular complexity index is 1320. The average molecular weight is 506 g/mol. The van der Waals surface area contributed by atoms with Gasteiger partial charge >= 0.3 is 11.9 Å². The highest BCUT2D eigenvalue weighted by molar-refractivity contribution is 6.36. The molecule has 0 fully saturated rings. The van der Waals surface area contributed by atoms with Crippen LogP contribution in [0, 0.1) is 11.8 Å². The average Bonchev–Trinajstić information content (AvgIpc) is 3.24. The number of rotatable bonds is 10. The van der Waals surface area contributed by atoms with Crippen molar-refractivity contribution >= 4 is 46.6 Å². The van der Waals surface area contributed by atoms with Gasteiger partial charge in [0.25, 0.3) is 0 Å². The molecular weight excluding hydrogens is 488 g/mol. The van der Waals surface area contributed by atoms with Crippen molar-refractivity contribution in [2.45, 2.75) is 25.7 Å². The second kappa shape index (κ2) is 9.69. The summed E-state index contributed by atoms with van der Waals surface area (Å²) in [5.74, 6) is -10.0. The molecule has 0 bridgehead atoms. The van der Waals surface area contributed by atoms with Crippen LogP contribution in [-0.4, -0.2) is 56.9 Å². The Hall–Kier alpha value is -4.80. The van der Waals surface area contributed by atoms with E-state index in [1.165, 1.54) is 36.4 Å². The first kappa shape index (κ1) is 25.3. The van der Waals surface area contributed by atoms with Gasteiger partial charge in [0.1, 0.15) is 23.3 Å². The van der Waals surface area contributed by atoms with Crippen molar-refractivity contribution in [3.05, 3.63) is 58.7 Å². The van der Waals surface area contributed by atoms with Gasteiger partial charge in [-0.05, 0) is 36.4 Å². The Labute approximate surface area is 208 Å². The largest absolute Gasteiger partial charge is 0.481 e. The molecule has 4 rings (SSSR count). The summed E-state index contributed by atoms with van der Waals surface area (Å²) in [6.07, 6.45) is -1.94. The predicted octanol–water partition coefficient (Wildman–Crippen LogP) is 2.34. The molecule has 0 saturated carbocycles. The lowest BCUT2D eigenvalue weighted by Crippen LogP contribution is -2.26. The fraction of sp³-hybridized carbons (Fsp3) is 0.231. The zero-order valence-electron chi connectivity index (χ0n) is 19.0. The van der Waals surface area contributed by atoms with Crippen LogP contribution >= 0.6 is 0 Å². The highest BCUT2D eigenvalue weighted by atomic mass is 16.5. The number of hydrogen-bond donors (Lipinski definition) is 2. The third kappa shape index (κ3) is 4.70. The van der Waals surface area contributed by atoms with Gasteiger partial charge in [0, 0.05) is 35.1 Å². The lowest BCUT2D eigenvalue weighted by molar-refractivity contribution is -0.139. The molecule has 0 heterocycles. The van der Waals surface area contributed by atoms with Crippen LogP contribution in [0.3, 0.4) is 0 Å². The molecule has 0 saturated heterocycles. The molecule has 2 aromatic rings. The van der Waals surface area contributed by atoms with Crippen LogP contribution in [0.15, 0.2) is 36.4 Å². The fourth-order valence-corrected chi connectivity index (χ4v) is 4.34. The van der Waals surface area contributed by atoms with E-state index in [-0.39, 0.29) is 33.8 Å². The molecule has 0 aliphatic heterocycles. The first-order valence-electron chi connectivity index (χ1n) is 11.1. The van der Waals surface area contributed by atoms with Crippen LogP contribution in [0.1, 0.15) is 67.1 Å². The second-order valence-electron chi connectivity index (χ2n) is 8.56. The number of ketones is 6. The van der Waals surface area contributed by atoms with Crippen molar-refractivity contribution in [3.63, 3.8) is 0 Å². The number of hydrogen-bond acceptors (Lipinski definition) is 9. The number of fused-ring (bicyclic) bond motifs is 2. The Morgan fingerprint density at radius 1 is 0.568 bits per heavy atom. The Kier molecular flexibility index (Phi) is 6.62. The van der Waals surface area contributed by atoms with E-state index in [4.69, 9.17) is 14.9 Å². The van der Waals surface area contributed by atoms with E-state index in [9.17, 15) is 38.4 Å². The fourth-order valence-electron chi connectivity index (χ4n) is 4.34. The molecule has 2 atom stereocenters. The number of benzene rings is 2. The van der Waals surface area contributed by atoms with Crippen molar-refractivity contribution in [1.29, 1.82) is 0 Å². The van der Waals surface area contributed by atoms with E-state index < -0.39 is 84.2 Å². The number of ether oxygens (including phenoxy) is 1. The topological polar surface area (TPSA) is 186 Å². The van der Waals surface area contributed by atoms with E-state index in [1.54, 1.807) is 0 Å². The maximum Gasteiger partial charge on any atom is 0.303 e. The molecule has 0 spiro atoms. The molecule has 11 nitrogen and oxygen atoms in total. The monoisotopic (exact) mass is 506 g/mol. The lowest BCUT2D eigenvalue weighted by atomic mass is 9.95. The van der Waals surface area contributed by atoms with Gasteiger partial charge in [-0.2, -0.15) is 0 Å². The normalized spacial score (nSPS) is 17.9. The summed E-state index contributed by atoms with van der Waals surface area (Å²) in [6.45, 7) is 0. The highest BCUT2D eigenvalue weighted by Gasteiger charge is 2.44. The van der Waals surface area contributed by atoms with Gasteiger partial charge in [-0.1, -0.05) is 0 Å². The number of Topliss-reactive ketones (excluding diaryl/α,β-unsaturated/α-hetero) is 6.